The molecule has 1 aliphatic carbocycles. The number of aromatic nitrogens is 2. The van der Waals surface area contributed by atoms with Crippen LogP contribution >= 0.6 is 0 Å². The molecule has 6 nitrogen and oxygen atoms in total. The summed E-state index contributed by atoms with van der Waals surface area (Å²) in [6.07, 6.45) is 4.77. The second kappa shape index (κ2) is 7.55. The fraction of sp³-hybridized carbons (Fsp3) is 0.412. The molecule has 1 aromatic carbocycles. The van der Waals surface area contributed by atoms with Gasteiger partial charge in [0.1, 0.15) is 11.5 Å². The van der Waals surface area contributed by atoms with Crippen LogP contribution in [0, 0.1) is 11.7 Å². The second-order valence-electron chi connectivity index (χ2n) is 5.96. The zero-order chi connectivity index (χ0) is 16.9. The Hall–Kier alpha value is -2.25. The number of rotatable bonds is 8. The molecular formula is C17H20FN3O3. The Balaban J connectivity index is 1.50. The third-order valence-electron chi connectivity index (χ3n) is 3.82. The van der Waals surface area contributed by atoms with Crippen molar-refractivity contribution in [3.05, 3.63) is 48.0 Å². The molecule has 0 saturated heterocycles. The van der Waals surface area contributed by atoms with E-state index < -0.39 is 17.8 Å². The summed E-state index contributed by atoms with van der Waals surface area (Å²) >= 11 is 0. The lowest BCUT2D eigenvalue weighted by atomic mass is 10.2. The van der Waals surface area contributed by atoms with Crippen molar-refractivity contribution < 1.29 is 19.0 Å². The molecule has 1 unspecified atom stereocenters. The van der Waals surface area contributed by atoms with Gasteiger partial charge in [-0.05, 0) is 43.0 Å². The van der Waals surface area contributed by atoms with E-state index in [9.17, 15) is 14.3 Å². The molecule has 24 heavy (non-hydrogen) atoms. The molecule has 128 valence electrons. The highest BCUT2D eigenvalue weighted by Crippen LogP contribution is 2.28. The predicted molar refractivity (Wildman–Crippen MR) is 85.4 cm³/mol. The van der Waals surface area contributed by atoms with Gasteiger partial charge < -0.3 is 15.2 Å². The van der Waals surface area contributed by atoms with Crippen LogP contribution in [0.5, 0.6) is 0 Å². The number of ether oxygens (including phenoxy) is 1. The molecule has 1 heterocycles. The van der Waals surface area contributed by atoms with Gasteiger partial charge in [0.2, 0.25) is 0 Å². The van der Waals surface area contributed by atoms with Gasteiger partial charge in [0.05, 0.1) is 12.7 Å². The molecule has 0 aliphatic heterocycles. The number of aliphatic hydroxyl groups is 1. The number of aliphatic hydroxyl groups excluding tert-OH is 1. The maximum atomic E-state index is 14.1. The quantitative estimate of drug-likeness (QED) is 0.768. The van der Waals surface area contributed by atoms with Crippen LogP contribution in [0.25, 0.3) is 5.69 Å². The number of nitrogens with zero attached hydrogens (tertiary/aromatic N) is 2. The first-order valence-electron chi connectivity index (χ1n) is 7.97. The fourth-order valence-corrected chi connectivity index (χ4v) is 2.27. The van der Waals surface area contributed by atoms with Crippen molar-refractivity contribution in [2.75, 3.05) is 19.8 Å². The number of carbonyl (C=O) groups excluding carboxylic acids is 1. The first-order valence-corrected chi connectivity index (χ1v) is 7.97. The molecule has 0 spiro atoms. The Kier molecular flexibility index (Phi) is 5.22. The van der Waals surface area contributed by atoms with Crippen molar-refractivity contribution in [2.45, 2.75) is 18.9 Å². The summed E-state index contributed by atoms with van der Waals surface area (Å²) in [5.41, 5.74) is 0.458. The summed E-state index contributed by atoms with van der Waals surface area (Å²) in [6, 6.07) is 5.85. The minimum absolute atomic E-state index is 0.0615. The maximum Gasteiger partial charge on any atom is 0.251 e. The molecule has 2 N–H and O–H groups in total. The minimum Gasteiger partial charge on any atom is -0.389 e. The standard InChI is InChI=1S/C17H20FN3O3/c18-15-8-13(4-5-16(15)21-7-1-6-20-21)17(23)19-9-14(22)11-24-10-12-2-3-12/h1,4-8,12,14,22H,2-3,9-11H2,(H,19,23). The van der Waals surface area contributed by atoms with Crippen molar-refractivity contribution in [3.63, 3.8) is 0 Å². The van der Waals surface area contributed by atoms with E-state index in [-0.39, 0.29) is 24.4 Å². The fourth-order valence-electron chi connectivity index (χ4n) is 2.27. The lowest BCUT2D eigenvalue weighted by Crippen LogP contribution is -2.34. The third-order valence-corrected chi connectivity index (χ3v) is 3.82. The summed E-state index contributed by atoms with van der Waals surface area (Å²) in [4.78, 5) is 12.0. The number of benzene rings is 1. The summed E-state index contributed by atoms with van der Waals surface area (Å²) in [5.74, 6) is -0.357. The Morgan fingerprint density at radius 2 is 2.33 bits per heavy atom. The summed E-state index contributed by atoms with van der Waals surface area (Å²) in [7, 11) is 0. The van der Waals surface area contributed by atoms with Gasteiger partial charge >= 0.3 is 0 Å². The van der Waals surface area contributed by atoms with Crippen molar-refractivity contribution >= 4 is 5.91 Å². The topological polar surface area (TPSA) is 76.4 Å². The average Bonchev–Trinajstić information content (AvgIpc) is 3.23. The zero-order valence-corrected chi connectivity index (χ0v) is 13.2. The van der Waals surface area contributed by atoms with Crippen LogP contribution in [-0.2, 0) is 4.74 Å². The molecule has 1 amide bonds. The highest BCUT2D eigenvalue weighted by Gasteiger charge is 2.21. The number of nitrogens with one attached hydrogen (secondary N) is 1. The van der Waals surface area contributed by atoms with E-state index in [0.717, 1.165) is 6.07 Å². The van der Waals surface area contributed by atoms with E-state index in [0.29, 0.717) is 12.5 Å². The summed E-state index contributed by atoms with van der Waals surface area (Å²) in [5, 5.41) is 16.3. The Morgan fingerprint density at radius 3 is 3.00 bits per heavy atom. The lowest BCUT2D eigenvalue weighted by molar-refractivity contribution is 0.0320. The van der Waals surface area contributed by atoms with E-state index in [1.54, 1.807) is 18.5 Å². The first kappa shape index (κ1) is 16.6. The minimum atomic E-state index is -0.777. The zero-order valence-electron chi connectivity index (χ0n) is 13.2. The molecule has 0 radical (unpaired) electrons. The van der Waals surface area contributed by atoms with E-state index in [1.807, 2.05) is 0 Å². The lowest BCUT2D eigenvalue weighted by Gasteiger charge is -2.12. The van der Waals surface area contributed by atoms with Gasteiger partial charge in [0.15, 0.2) is 0 Å². The van der Waals surface area contributed by atoms with Gasteiger partial charge in [0, 0.05) is 31.1 Å². The van der Waals surface area contributed by atoms with Gasteiger partial charge in [-0.3, -0.25) is 4.79 Å². The number of hydrogen-bond donors (Lipinski definition) is 2. The molecule has 2 aromatic rings. The molecule has 1 aliphatic rings. The number of carbonyl (C=O) groups is 1. The number of halogens is 1. The Bertz CT molecular complexity index is 686. The SMILES string of the molecule is O=C(NCC(O)COCC1CC1)c1ccc(-n2cccn2)c(F)c1. The van der Waals surface area contributed by atoms with Gasteiger partial charge in [-0.15, -0.1) is 0 Å². The molecule has 1 atom stereocenters. The van der Waals surface area contributed by atoms with Crippen molar-refractivity contribution in [2.24, 2.45) is 5.92 Å². The first-order chi connectivity index (χ1) is 11.6. The molecule has 1 fully saturated rings. The second-order valence-corrected chi connectivity index (χ2v) is 5.96. The molecule has 3 rings (SSSR count). The van der Waals surface area contributed by atoms with E-state index in [2.05, 4.69) is 10.4 Å². The van der Waals surface area contributed by atoms with Crippen LogP contribution in [0.1, 0.15) is 23.2 Å². The van der Waals surface area contributed by atoms with E-state index >= 15 is 0 Å². The normalized spacial score (nSPS) is 15.2. The van der Waals surface area contributed by atoms with Gasteiger partial charge in [-0.1, -0.05) is 0 Å². The Morgan fingerprint density at radius 1 is 1.50 bits per heavy atom. The monoisotopic (exact) mass is 333 g/mol. The van der Waals surface area contributed by atoms with Gasteiger partial charge in [0.25, 0.3) is 5.91 Å². The van der Waals surface area contributed by atoms with Crippen LogP contribution < -0.4 is 5.32 Å². The highest BCUT2D eigenvalue weighted by molar-refractivity contribution is 5.94. The van der Waals surface area contributed by atoms with Crippen molar-refractivity contribution in [1.29, 1.82) is 0 Å². The van der Waals surface area contributed by atoms with Crippen molar-refractivity contribution in [3.8, 4) is 5.69 Å². The van der Waals surface area contributed by atoms with Gasteiger partial charge in [-0.2, -0.15) is 5.10 Å². The number of hydrogen-bond acceptors (Lipinski definition) is 4. The van der Waals surface area contributed by atoms with Crippen LogP contribution in [-0.4, -0.2) is 46.7 Å². The molecule has 7 heteroatoms. The van der Waals surface area contributed by atoms with Crippen LogP contribution in [0.15, 0.2) is 36.7 Å². The average molecular weight is 333 g/mol. The third kappa shape index (κ3) is 4.39. The largest absolute Gasteiger partial charge is 0.389 e. The van der Waals surface area contributed by atoms with Crippen LogP contribution in [0.4, 0.5) is 4.39 Å². The predicted octanol–water partition coefficient (Wildman–Crippen LogP) is 1.53. The smallest absolute Gasteiger partial charge is 0.251 e. The summed E-state index contributed by atoms with van der Waals surface area (Å²) < 4.78 is 20.9. The Labute approximate surface area is 139 Å². The molecule has 1 saturated carbocycles. The molecule has 1 aromatic heterocycles. The van der Waals surface area contributed by atoms with E-state index in [1.165, 1.54) is 29.7 Å². The van der Waals surface area contributed by atoms with Crippen LogP contribution in [0.3, 0.4) is 0 Å². The summed E-state index contributed by atoms with van der Waals surface area (Å²) in [6.45, 7) is 0.903. The van der Waals surface area contributed by atoms with Crippen molar-refractivity contribution in [1.82, 2.24) is 15.1 Å². The van der Waals surface area contributed by atoms with Crippen LogP contribution in [0.2, 0.25) is 0 Å². The maximum absolute atomic E-state index is 14.1. The highest BCUT2D eigenvalue weighted by atomic mass is 19.1. The van der Waals surface area contributed by atoms with E-state index in [4.69, 9.17) is 4.74 Å². The number of amides is 1. The molecule has 0 bridgehead atoms. The molecular weight excluding hydrogens is 313 g/mol. The van der Waals surface area contributed by atoms with Gasteiger partial charge in [-0.25, -0.2) is 9.07 Å².